The lowest BCUT2D eigenvalue weighted by Gasteiger charge is -2.14. The van der Waals surface area contributed by atoms with E-state index in [2.05, 4.69) is 21.0 Å². The zero-order chi connectivity index (χ0) is 17.1. The van der Waals surface area contributed by atoms with Crippen molar-refractivity contribution < 1.29 is 14.4 Å². The average Bonchev–Trinajstić information content (AvgIpc) is 2.84. The number of hydrogen-bond donors (Lipinski definition) is 3. The maximum absolute atomic E-state index is 12.3. The lowest BCUT2D eigenvalue weighted by molar-refractivity contribution is -0.123. The molecular weight excluding hydrogens is 310 g/mol. The molecule has 1 atom stereocenters. The molecule has 1 aromatic heterocycles. The first-order chi connectivity index (χ1) is 11.6. The summed E-state index contributed by atoms with van der Waals surface area (Å²) in [5.41, 5.74) is 1.79. The fourth-order valence-corrected chi connectivity index (χ4v) is 2.79. The smallest absolute Gasteiger partial charge is 0.322 e. The third kappa shape index (κ3) is 3.22. The molecular formula is C16H19N5O3. The van der Waals surface area contributed by atoms with E-state index >= 15 is 0 Å². The van der Waals surface area contributed by atoms with Crippen LogP contribution in [0.1, 0.15) is 25.5 Å². The minimum Gasteiger partial charge on any atom is -0.349 e. The van der Waals surface area contributed by atoms with Gasteiger partial charge >= 0.3 is 6.03 Å². The molecule has 1 aliphatic rings. The van der Waals surface area contributed by atoms with Crippen molar-refractivity contribution in [3.8, 4) is 0 Å². The first kappa shape index (κ1) is 16.0. The molecule has 8 heteroatoms. The van der Waals surface area contributed by atoms with Gasteiger partial charge in [-0.3, -0.25) is 19.6 Å². The van der Waals surface area contributed by atoms with E-state index < -0.39 is 12.1 Å². The summed E-state index contributed by atoms with van der Waals surface area (Å²) in [7, 11) is 0. The second-order valence-electron chi connectivity index (χ2n) is 5.61. The molecule has 2 aromatic rings. The zero-order valence-corrected chi connectivity index (χ0v) is 13.3. The highest BCUT2D eigenvalue weighted by atomic mass is 16.2. The summed E-state index contributed by atoms with van der Waals surface area (Å²) >= 11 is 0. The highest BCUT2D eigenvalue weighted by Gasteiger charge is 2.26. The number of aryl methyl sites for hydroxylation is 1. The Bertz CT molecular complexity index is 798. The van der Waals surface area contributed by atoms with Crippen LogP contribution in [0.15, 0.2) is 24.3 Å². The van der Waals surface area contributed by atoms with Gasteiger partial charge in [0.1, 0.15) is 6.04 Å². The number of aromatic nitrogens is 2. The van der Waals surface area contributed by atoms with Crippen LogP contribution in [-0.4, -0.2) is 33.7 Å². The van der Waals surface area contributed by atoms with Crippen LogP contribution < -0.4 is 16.0 Å². The van der Waals surface area contributed by atoms with Crippen LogP contribution in [0.2, 0.25) is 0 Å². The SMILES string of the molecule is CCn1nc(CNC(=O)[C@H]2CCC(=O)NC(=O)N2)c2ccccc21. The molecule has 1 aliphatic heterocycles. The van der Waals surface area contributed by atoms with Gasteiger partial charge in [-0.05, 0) is 19.4 Å². The van der Waals surface area contributed by atoms with Gasteiger partial charge in [-0.1, -0.05) is 18.2 Å². The normalized spacial score (nSPS) is 18.0. The van der Waals surface area contributed by atoms with Gasteiger partial charge < -0.3 is 10.6 Å². The maximum atomic E-state index is 12.3. The first-order valence-corrected chi connectivity index (χ1v) is 7.91. The Morgan fingerprint density at radius 3 is 2.96 bits per heavy atom. The Labute approximate surface area is 138 Å². The molecule has 8 nitrogen and oxygen atoms in total. The number of rotatable bonds is 4. The molecule has 0 unspecified atom stereocenters. The second-order valence-corrected chi connectivity index (χ2v) is 5.61. The van der Waals surface area contributed by atoms with E-state index in [1.807, 2.05) is 35.9 Å². The summed E-state index contributed by atoms with van der Waals surface area (Å²) < 4.78 is 1.88. The van der Waals surface area contributed by atoms with Gasteiger partial charge in [0.05, 0.1) is 17.8 Å². The largest absolute Gasteiger partial charge is 0.349 e. The van der Waals surface area contributed by atoms with E-state index in [-0.39, 0.29) is 31.2 Å². The van der Waals surface area contributed by atoms with Crippen molar-refractivity contribution in [2.24, 2.45) is 0 Å². The molecule has 1 fully saturated rings. The highest BCUT2D eigenvalue weighted by Crippen LogP contribution is 2.18. The Balaban J connectivity index is 1.70. The molecule has 0 bridgehead atoms. The minimum absolute atomic E-state index is 0.129. The Kier molecular flexibility index (Phi) is 4.45. The number of carbonyl (C=O) groups excluding carboxylic acids is 3. The fraction of sp³-hybridized carbons (Fsp3) is 0.375. The van der Waals surface area contributed by atoms with Crippen LogP contribution in [0.3, 0.4) is 0 Å². The fourth-order valence-electron chi connectivity index (χ4n) is 2.79. The molecule has 2 heterocycles. The van der Waals surface area contributed by atoms with Gasteiger partial charge in [0, 0.05) is 18.4 Å². The van der Waals surface area contributed by atoms with Crippen molar-refractivity contribution in [1.29, 1.82) is 0 Å². The molecule has 0 spiro atoms. The van der Waals surface area contributed by atoms with E-state index in [4.69, 9.17) is 0 Å². The van der Waals surface area contributed by atoms with E-state index in [9.17, 15) is 14.4 Å². The molecule has 24 heavy (non-hydrogen) atoms. The van der Waals surface area contributed by atoms with Crippen LogP contribution in [-0.2, 0) is 22.7 Å². The number of nitrogens with one attached hydrogen (secondary N) is 3. The van der Waals surface area contributed by atoms with Crippen molar-refractivity contribution in [2.45, 2.75) is 38.9 Å². The quantitative estimate of drug-likeness (QED) is 0.766. The molecule has 0 saturated carbocycles. The van der Waals surface area contributed by atoms with Gasteiger partial charge in [-0.25, -0.2) is 4.79 Å². The van der Waals surface area contributed by atoms with E-state index in [0.717, 1.165) is 23.1 Å². The maximum Gasteiger partial charge on any atom is 0.322 e. The van der Waals surface area contributed by atoms with E-state index in [0.29, 0.717) is 0 Å². The van der Waals surface area contributed by atoms with Gasteiger partial charge in [-0.15, -0.1) is 0 Å². The van der Waals surface area contributed by atoms with Crippen molar-refractivity contribution in [2.75, 3.05) is 0 Å². The number of para-hydroxylation sites is 1. The standard InChI is InChI=1S/C16H19N5O3/c1-2-21-13-6-4-3-5-10(13)12(20-21)9-17-15(23)11-7-8-14(22)19-16(24)18-11/h3-6,11H,2,7-9H2,1H3,(H,17,23)(H2,18,19,22,24)/t11-/m1/s1. The Hall–Kier alpha value is -2.90. The Morgan fingerprint density at radius 1 is 1.38 bits per heavy atom. The Morgan fingerprint density at radius 2 is 2.17 bits per heavy atom. The number of hydrogen-bond acceptors (Lipinski definition) is 4. The number of amides is 4. The molecule has 0 radical (unpaired) electrons. The monoisotopic (exact) mass is 329 g/mol. The number of carbonyl (C=O) groups is 3. The first-order valence-electron chi connectivity index (χ1n) is 7.91. The average molecular weight is 329 g/mol. The molecule has 3 rings (SSSR count). The van der Waals surface area contributed by atoms with Gasteiger partial charge in [0.25, 0.3) is 0 Å². The third-order valence-corrected chi connectivity index (χ3v) is 4.00. The summed E-state index contributed by atoms with van der Waals surface area (Å²) in [5.74, 6) is -0.703. The van der Waals surface area contributed by atoms with Crippen LogP contribution in [0, 0.1) is 0 Å². The highest BCUT2D eigenvalue weighted by molar-refractivity contribution is 5.98. The molecule has 1 aromatic carbocycles. The van der Waals surface area contributed by atoms with Gasteiger partial charge in [0.2, 0.25) is 11.8 Å². The lowest BCUT2D eigenvalue weighted by Crippen LogP contribution is -2.48. The number of benzene rings is 1. The number of fused-ring (bicyclic) bond motifs is 1. The van der Waals surface area contributed by atoms with Gasteiger partial charge in [-0.2, -0.15) is 5.10 Å². The predicted octanol–water partition coefficient (Wildman–Crippen LogP) is 0.661. The molecule has 0 aliphatic carbocycles. The minimum atomic E-state index is -0.726. The summed E-state index contributed by atoms with van der Waals surface area (Å²) in [6.07, 6.45) is 0.401. The van der Waals surface area contributed by atoms with Crippen molar-refractivity contribution in [1.82, 2.24) is 25.7 Å². The number of imide groups is 1. The van der Waals surface area contributed by atoms with Crippen molar-refractivity contribution >= 4 is 28.7 Å². The topological polar surface area (TPSA) is 105 Å². The number of nitrogens with zero attached hydrogens (tertiary/aromatic N) is 2. The van der Waals surface area contributed by atoms with Crippen LogP contribution in [0.25, 0.3) is 10.9 Å². The van der Waals surface area contributed by atoms with Crippen LogP contribution >= 0.6 is 0 Å². The molecule has 3 N–H and O–H groups in total. The molecule has 4 amide bonds. The summed E-state index contributed by atoms with van der Waals surface area (Å²) in [4.78, 5) is 35.1. The predicted molar refractivity (Wildman–Crippen MR) is 87.0 cm³/mol. The zero-order valence-electron chi connectivity index (χ0n) is 13.3. The summed E-state index contributed by atoms with van der Waals surface area (Å²) in [6, 6.07) is 6.46. The van der Waals surface area contributed by atoms with Crippen molar-refractivity contribution in [3.05, 3.63) is 30.0 Å². The van der Waals surface area contributed by atoms with Crippen molar-refractivity contribution in [3.63, 3.8) is 0 Å². The lowest BCUT2D eigenvalue weighted by atomic mass is 10.1. The number of urea groups is 1. The van der Waals surface area contributed by atoms with Gasteiger partial charge in [0.15, 0.2) is 0 Å². The second kappa shape index (κ2) is 6.69. The third-order valence-electron chi connectivity index (χ3n) is 4.00. The van der Waals surface area contributed by atoms with Crippen LogP contribution in [0.5, 0.6) is 0 Å². The molecule has 126 valence electrons. The summed E-state index contributed by atoms with van der Waals surface area (Å²) in [5, 5.41) is 12.9. The molecule has 1 saturated heterocycles. The van der Waals surface area contributed by atoms with E-state index in [1.54, 1.807) is 0 Å². The van der Waals surface area contributed by atoms with Crippen LogP contribution in [0.4, 0.5) is 4.79 Å². The summed E-state index contributed by atoms with van der Waals surface area (Å²) in [6.45, 7) is 3.01. The van der Waals surface area contributed by atoms with E-state index in [1.165, 1.54) is 0 Å².